The Labute approximate surface area is 126 Å². The standard InChI is InChI=1S/C15H27N3O3/c1-5-11-8-12(15(20)21)17-14(11)13(16-10(4)19)9-18(6-2)7-3/h5,11-14,17H,1,6-9H2,2-4H3,(H,16,19)(H,20,21)/t11-,12-,13+,14?/m1/s1. The predicted molar refractivity (Wildman–Crippen MR) is 82.0 cm³/mol. The van der Waals surface area contributed by atoms with Gasteiger partial charge in [0.05, 0.1) is 6.04 Å². The fraction of sp³-hybridized carbons (Fsp3) is 0.733. The van der Waals surface area contributed by atoms with Crippen LogP contribution in [0, 0.1) is 5.92 Å². The maximum Gasteiger partial charge on any atom is 0.320 e. The summed E-state index contributed by atoms with van der Waals surface area (Å²) in [5.41, 5.74) is 0. The molecule has 4 atom stereocenters. The van der Waals surface area contributed by atoms with Gasteiger partial charge in [0.15, 0.2) is 0 Å². The third-order valence-corrected chi connectivity index (χ3v) is 4.14. The van der Waals surface area contributed by atoms with Crippen LogP contribution in [0.4, 0.5) is 0 Å². The minimum atomic E-state index is -0.853. The van der Waals surface area contributed by atoms with E-state index >= 15 is 0 Å². The molecule has 0 radical (unpaired) electrons. The van der Waals surface area contributed by atoms with Gasteiger partial charge in [0.1, 0.15) is 6.04 Å². The summed E-state index contributed by atoms with van der Waals surface area (Å²) in [4.78, 5) is 24.9. The van der Waals surface area contributed by atoms with E-state index in [0.717, 1.165) is 13.1 Å². The Hall–Kier alpha value is -1.40. The van der Waals surface area contributed by atoms with Crippen LogP contribution in [0.2, 0.25) is 0 Å². The van der Waals surface area contributed by atoms with E-state index in [1.807, 2.05) is 0 Å². The summed E-state index contributed by atoms with van der Waals surface area (Å²) in [6, 6.07) is -0.811. The average Bonchev–Trinajstić information content (AvgIpc) is 2.87. The summed E-state index contributed by atoms with van der Waals surface area (Å²) < 4.78 is 0. The molecule has 21 heavy (non-hydrogen) atoms. The van der Waals surface area contributed by atoms with Crippen molar-refractivity contribution < 1.29 is 14.7 Å². The van der Waals surface area contributed by atoms with E-state index in [4.69, 9.17) is 0 Å². The number of hydrogen-bond acceptors (Lipinski definition) is 4. The third kappa shape index (κ3) is 4.82. The van der Waals surface area contributed by atoms with E-state index in [9.17, 15) is 14.7 Å². The number of aliphatic carboxylic acids is 1. The van der Waals surface area contributed by atoms with E-state index in [1.54, 1.807) is 6.08 Å². The number of nitrogens with zero attached hydrogens (tertiary/aromatic N) is 1. The smallest absolute Gasteiger partial charge is 0.320 e. The Morgan fingerprint density at radius 3 is 2.52 bits per heavy atom. The van der Waals surface area contributed by atoms with Crippen LogP contribution in [0.5, 0.6) is 0 Å². The van der Waals surface area contributed by atoms with Crippen LogP contribution in [-0.2, 0) is 9.59 Å². The topological polar surface area (TPSA) is 81.7 Å². The van der Waals surface area contributed by atoms with Gasteiger partial charge >= 0.3 is 5.97 Å². The van der Waals surface area contributed by atoms with Gasteiger partial charge < -0.3 is 15.3 Å². The van der Waals surface area contributed by atoms with E-state index in [2.05, 4.69) is 36.0 Å². The number of carboxylic acids is 1. The van der Waals surface area contributed by atoms with Crippen molar-refractivity contribution in [3.05, 3.63) is 12.7 Å². The van der Waals surface area contributed by atoms with Crippen molar-refractivity contribution in [3.8, 4) is 0 Å². The molecule has 0 spiro atoms. The van der Waals surface area contributed by atoms with Crippen LogP contribution >= 0.6 is 0 Å². The van der Waals surface area contributed by atoms with E-state index in [-0.39, 0.29) is 23.9 Å². The highest BCUT2D eigenvalue weighted by Crippen LogP contribution is 2.24. The number of carbonyl (C=O) groups is 2. The minimum Gasteiger partial charge on any atom is -0.480 e. The molecule has 1 fully saturated rings. The molecule has 120 valence electrons. The van der Waals surface area contributed by atoms with Crippen molar-refractivity contribution in [2.24, 2.45) is 5.92 Å². The second-order valence-electron chi connectivity index (χ2n) is 5.51. The molecule has 1 rings (SSSR count). The van der Waals surface area contributed by atoms with Gasteiger partial charge in [-0.2, -0.15) is 0 Å². The summed E-state index contributed by atoms with van der Waals surface area (Å²) >= 11 is 0. The average molecular weight is 297 g/mol. The van der Waals surface area contributed by atoms with Gasteiger partial charge in [0.25, 0.3) is 0 Å². The molecule has 6 nitrogen and oxygen atoms in total. The predicted octanol–water partition coefficient (Wildman–Crippen LogP) is 0.450. The van der Waals surface area contributed by atoms with Crippen LogP contribution in [0.3, 0.4) is 0 Å². The van der Waals surface area contributed by atoms with Crippen molar-refractivity contribution in [2.45, 2.75) is 45.3 Å². The van der Waals surface area contributed by atoms with Gasteiger partial charge in [-0.3, -0.25) is 14.9 Å². The Morgan fingerprint density at radius 1 is 1.48 bits per heavy atom. The Bertz CT molecular complexity index is 382. The summed E-state index contributed by atoms with van der Waals surface area (Å²) in [6.45, 7) is 11.9. The first-order valence-corrected chi connectivity index (χ1v) is 7.53. The summed E-state index contributed by atoms with van der Waals surface area (Å²) in [5, 5.41) is 15.3. The van der Waals surface area contributed by atoms with Crippen molar-refractivity contribution >= 4 is 11.9 Å². The summed E-state index contributed by atoms with van der Waals surface area (Å²) in [7, 11) is 0. The first kappa shape index (κ1) is 17.7. The van der Waals surface area contributed by atoms with Gasteiger partial charge in [-0.05, 0) is 25.4 Å². The number of rotatable bonds is 8. The van der Waals surface area contributed by atoms with Crippen molar-refractivity contribution in [2.75, 3.05) is 19.6 Å². The summed E-state index contributed by atoms with van der Waals surface area (Å²) in [6.07, 6.45) is 2.30. The second kappa shape index (κ2) is 8.14. The number of hydrogen-bond donors (Lipinski definition) is 3. The molecule has 1 heterocycles. The Morgan fingerprint density at radius 2 is 2.10 bits per heavy atom. The molecule has 0 aromatic heterocycles. The Balaban J connectivity index is 2.87. The molecule has 1 unspecified atom stereocenters. The summed E-state index contributed by atoms with van der Waals surface area (Å²) in [5.74, 6) is -0.914. The number of carbonyl (C=O) groups excluding carboxylic acids is 1. The molecule has 1 saturated heterocycles. The number of nitrogens with one attached hydrogen (secondary N) is 2. The second-order valence-corrected chi connectivity index (χ2v) is 5.51. The van der Waals surface area contributed by atoms with Gasteiger partial charge in [-0.25, -0.2) is 0 Å². The zero-order valence-corrected chi connectivity index (χ0v) is 13.1. The molecule has 6 heteroatoms. The van der Waals surface area contributed by atoms with Crippen LogP contribution in [-0.4, -0.2) is 59.6 Å². The fourth-order valence-electron chi connectivity index (χ4n) is 2.94. The van der Waals surface area contributed by atoms with Crippen molar-refractivity contribution in [3.63, 3.8) is 0 Å². The lowest BCUT2D eigenvalue weighted by atomic mass is 9.93. The molecule has 1 amide bonds. The van der Waals surface area contributed by atoms with Crippen LogP contribution < -0.4 is 10.6 Å². The Kier molecular flexibility index (Phi) is 6.84. The maximum atomic E-state index is 11.5. The largest absolute Gasteiger partial charge is 0.480 e. The zero-order valence-electron chi connectivity index (χ0n) is 13.1. The van der Waals surface area contributed by atoms with E-state index in [0.29, 0.717) is 13.0 Å². The fourth-order valence-corrected chi connectivity index (χ4v) is 2.94. The zero-order chi connectivity index (χ0) is 16.0. The number of amides is 1. The number of likely N-dealkylation sites (N-methyl/N-ethyl adjacent to an activating group) is 1. The lowest BCUT2D eigenvalue weighted by Crippen LogP contribution is -2.56. The monoisotopic (exact) mass is 297 g/mol. The SMILES string of the molecule is C=C[C@@H]1C[C@H](C(=O)O)NC1[C@H](CN(CC)CC)NC(C)=O. The van der Waals surface area contributed by atoms with Gasteiger partial charge in [-0.15, -0.1) is 6.58 Å². The first-order chi connectivity index (χ1) is 9.92. The third-order valence-electron chi connectivity index (χ3n) is 4.14. The minimum absolute atomic E-state index is 0.0403. The maximum absolute atomic E-state index is 11.5. The first-order valence-electron chi connectivity index (χ1n) is 7.53. The molecule has 1 aliphatic rings. The highest BCUT2D eigenvalue weighted by atomic mass is 16.4. The lowest BCUT2D eigenvalue weighted by Gasteiger charge is -2.32. The molecule has 0 saturated carbocycles. The van der Waals surface area contributed by atoms with Gasteiger partial charge in [0, 0.05) is 19.5 Å². The van der Waals surface area contributed by atoms with Crippen molar-refractivity contribution in [1.82, 2.24) is 15.5 Å². The molecule has 0 aliphatic carbocycles. The van der Waals surface area contributed by atoms with Crippen molar-refractivity contribution in [1.29, 1.82) is 0 Å². The van der Waals surface area contributed by atoms with Crippen LogP contribution in [0.15, 0.2) is 12.7 Å². The molecule has 0 aromatic rings. The highest BCUT2D eigenvalue weighted by molar-refractivity contribution is 5.75. The van der Waals surface area contributed by atoms with Gasteiger partial charge in [0.2, 0.25) is 5.91 Å². The van der Waals surface area contributed by atoms with E-state index < -0.39 is 12.0 Å². The van der Waals surface area contributed by atoms with E-state index in [1.165, 1.54) is 6.92 Å². The molecule has 3 N–H and O–H groups in total. The molecule has 0 aromatic carbocycles. The highest BCUT2D eigenvalue weighted by Gasteiger charge is 2.40. The normalized spacial score (nSPS) is 26.6. The van der Waals surface area contributed by atoms with Crippen LogP contribution in [0.1, 0.15) is 27.2 Å². The molecular weight excluding hydrogens is 270 g/mol. The molecular formula is C15H27N3O3. The quantitative estimate of drug-likeness (QED) is 0.567. The van der Waals surface area contributed by atoms with Crippen LogP contribution in [0.25, 0.3) is 0 Å². The van der Waals surface area contributed by atoms with Gasteiger partial charge in [-0.1, -0.05) is 19.9 Å². The molecule has 0 bridgehead atoms. The number of carboxylic acid groups (broad SMARTS) is 1. The molecule has 1 aliphatic heterocycles. The lowest BCUT2D eigenvalue weighted by molar-refractivity contribution is -0.139.